The summed E-state index contributed by atoms with van der Waals surface area (Å²) in [5.74, 6) is 2.48. The zero-order chi connectivity index (χ0) is 9.26. The van der Waals surface area contributed by atoms with Gasteiger partial charge >= 0.3 is 0 Å². The maximum absolute atomic E-state index is 5.69. The predicted molar refractivity (Wildman–Crippen MR) is 51.3 cm³/mol. The molecule has 2 rings (SSSR count). The van der Waals surface area contributed by atoms with E-state index in [1.807, 2.05) is 6.92 Å². The van der Waals surface area contributed by atoms with Gasteiger partial charge in [-0.05, 0) is 38.7 Å². The molecule has 0 N–H and O–H groups in total. The molecule has 1 saturated carbocycles. The van der Waals surface area contributed by atoms with Gasteiger partial charge in [-0.3, -0.25) is 0 Å². The van der Waals surface area contributed by atoms with Crippen LogP contribution >= 0.6 is 0 Å². The van der Waals surface area contributed by atoms with E-state index in [4.69, 9.17) is 9.47 Å². The Balaban J connectivity index is 1.98. The average molecular weight is 182 g/mol. The number of hydrogen-bond acceptors (Lipinski definition) is 2. The molecular formula is C11H18O2. The summed E-state index contributed by atoms with van der Waals surface area (Å²) in [4.78, 5) is 0. The van der Waals surface area contributed by atoms with Crippen molar-refractivity contribution in [3.05, 3.63) is 11.8 Å². The van der Waals surface area contributed by atoms with Gasteiger partial charge in [0.05, 0.1) is 18.5 Å². The maximum Gasteiger partial charge on any atom is 0.0979 e. The van der Waals surface area contributed by atoms with Crippen molar-refractivity contribution in [3.63, 3.8) is 0 Å². The Morgan fingerprint density at radius 3 is 2.77 bits per heavy atom. The third kappa shape index (κ3) is 1.60. The van der Waals surface area contributed by atoms with Crippen molar-refractivity contribution in [2.24, 2.45) is 11.8 Å². The first-order valence-electron chi connectivity index (χ1n) is 5.31. The van der Waals surface area contributed by atoms with Gasteiger partial charge in [0.15, 0.2) is 0 Å². The van der Waals surface area contributed by atoms with E-state index in [-0.39, 0.29) is 0 Å². The summed E-state index contributed by atoms with van der Waals surface area (Å²) >= 11 is 0. The summed E-state index contributed by atoms with van der Waals surface area (Å²) in [6, 6.07) is 0. The van der Waals surface area contributed by atoms with Crippen LogP contribution in [0.4, 0.5) is 0 Å². The maximum atomic E-state index is 5.69. The Bertz CT molecular complexity index is 210. The van der Waals surface area contributed by atoms with Crippen LogP contribution in [-0.2, 0) is 9.47 Å². The highest BCUT2D eigenvalue weighted by molar-refractivity contribution is 5.17. The van der Waals surface area contributed by atoms with E-state index >= 15 is 0 Å². The molecule has 2 aliphatic carbocycles. The monoisotopic (exact) mass is 182 g/mol. The summed E-state index contributed by atoms with van der Waals surface area (Å²) in [5.41, 5.74) is 0. The fraction of sp³-hybridized carbons (Fsp3) is 0.818. The van der Waals surface area contributed by atoms with Crippen LogP contribution < -0.4 is 0 Å². The molecule has 0 aliphatic heterocycles. The standard InChI is InChI=1S/C11H18O2/c1-3-12-10-6-8-5-9(10)11(7-8)13-4-2/h6,8-9,11H,3-5,7H2,1-2H3. The van der Waals surface area contributed by atoms with Crippen LogP contribution in [0.5, 0.6) is 0 Å². The molecule has 0 radical (unpaired) electrons. The van der Waals surface area contributed by atoms with Crippen LogP contribution in [-0.4, -0.2) is 19.3 Å². The SMILES string of the molecule is CCOC1=CC2CC(OCC)C1C2. The van der Waals surface area contributed by atoms with Gasteiger partial charge in [-0.25, -0.2) is 0 Å². The molecule has 3 atom stereocenters. The van der Waals surface area contributed by atoms with E-state index in [1.165, 1.54) is 18.6 Å². The highest BCUT2D eigenvalue weighted by Gasteiger charge is 2.42. The first kappa shape index (κ1) is 9.07. The van der Waals surface area contributed by atoms with Gasteiger partial charge in [0.2, 0.25) is 0 Å². The lowest BCUT2D eigenvalue weighted by molar-refractivity contribution is 0.0232. The zero-order valence-corrected chi connectivity index (χ0v) is 8.45. The molecule has 2 bridgehead atoms. The first-order chi connectivity index (χ1) is 6.35. The van der Waals surface area contributed by atoms with E-state index in [0.29, 0.717) is 12.0 Å². The fourth-order valence-corrected chi connectivity index (χ4v) is 2.55. The number of ether oxygens (including phenoxy) is 2. The van der Waals surface area contributed by atoms with Crippen molar-refractivity contribution < 1.29 is 9.47 Å². The quantitative estimate of drug-likeness (QED) is 0.664. The van der Waals surface area contributed by atoms with Crippen LogP contribution in [0.3, 0.4) is 0 Å². The molecule has 3 unspecified atom stereocenters. The van der Waals surface area contributed by atoms with Gasteiger partial charge in [0.1, 0.15) is 0 Å². The third-order valence-corrected chi connectivity index (χ3v) is 3.00. The molecule has 0 spiro atoms. The lowest BCUT2D eigenvalue weighted by Crippen LogP contribution is -2.22. The highest BCUT2D eigenvalue weighted by Crippen LogP contribution is 2.45. The van der Waals surface area contributed by atoms with Crippen molar-refractivity contribution in [2.45, 2.75) is 32.8 Å². The summed E-state index contributed by atoms with van der Waals surface area (Å²) in [6.07, 6.45) is 5.18. The molecular weight excluding hydrogens is 164 g/mol. The van der Waals surface area contributed by atoms with Gasteiger partial charge in [-0.15, -0.1) is 0 Å². The lowest BCUT2D eigenvalue weighted by Gasteiger charge is -2.23. The molecule has 0 aromatic heterocycles. The van der Waals surface area contributed by atoms with Crippen LogP contribution in [0.2, 0.25) is 0 Å². The van der Waals surface area contributed by atoms with Crippen LogP contribution in [0.15, 0.2) is 11.8 Å². The number of rotatable bonds is 4. The Kier molecular flexibility index (Phi) is 2.58. The van der Waals surface area contributed by atoms with E-state index in [0.717, 1.165) is 19.1 Å². The molecule has 1 fully saturated rings. The molecule has 13 heavy (non-hydrogen) atoms. The van der Waals surface area contributed by atoms with E-state index in [9.17, 15) is 0 Å². The fourth-order valence-electron chi connectivity index (χ4n) is 2.55. The molecule has 0 amide bonds. The second-order valence-corrected chi connectivity index (χ2v) is 3.83. The molecule has 0 aromatic carbocycles. The molecule has 0 saturated heterocycles. The third-order valence-electron chi connectivity index (χ3n) is 3.00. The minimum absolute atomic E-state index is 0.432. The van der Waals surface area contributed by atoms with E-state index in [2.05, 4.69) is 13.0 Å². The zero-order valence-electron chi connectivity index (χ0n) is 8.45. The average Bonchev–Trinajstić information content (AvgIpc) is 2.64. The second-order valence-electron chi connectivity index (χ2n) is 3.83. The minimum atomic E-state index is 0.432. The van der Waals surface area contributed by atoms with Crippen LogP contribution in [0, 0.1) is 11.8 Å². The Morgan fingerprint density at radius 1 is 1.31 bits per heavy atom. The van der Waals surface area contributed by atoms with Gasteiger partial charge in [-0.2, -0.15) is 0 Å². The van der Waals surface area contributed by atoms with Crippen molar-refractivity contribution in [1.82, 2.24) is 0 Å². The van der Waals surface area contributed by atoms with Crippen molar-refractivity contribution in [2.75, 3.05) is 13.2 Å². The molecule has 0 aromatic rings. The smallest absolute Gasteiger partial charge is 0.0979 e. The van der Waals surface area contributed by atoms with Gasteiger partial charge in [0, 0.05) is 12.5 Å². The first-order valence-corrected chi connectivity index (χ1v) is 5.31. The Morgan fingerprint density at radius 2 is 2.15 bits per heavy atom. The summed E-state index contributed by atoms with van der Waals surface area (Å²) in [5, 5.41) is 0. The minimum Gasteiger partial charge on any atom is -0.498 e. The van der Waals surface area contributed by atoms with E-state index < -0.39 is 0 Å². The highest BCUT2D eigenvalue weighted by atomic mass is 16.5. The summed E-state index contributed by atoms with van der Waals surface area (Å²) in [6.45, 7) is 5.72. The second kappa shape index (κ2) is 3.70. The van der Waals surface area contributed by atoms with Crippen molar-refractivity contribution in [1.29, 1.82) is 0 Å². The van der Waals surface area contributed by atoms with Gasteiger partial charge in [-0.1, -0.05) is 0 Å². The van der Waals surface area contributed by atoms with Crippen molar-refractivity contribution >= 4 is 0 Å². The number of fused-ring (bicyclic) bond motifs is 2. The Labute approximate surface area is 79.9 Å². The Hall–Kier alpha value is -0.500. The summed E-state index contributed by atoms with van der Waals surface area (Å²) in [7, 11) is 0. The van der Waals surface area contributed by atoms with E-state index in [1.54, 1.807) is 0 Å². The van der Waals surface area contributed by atoms with Gasteiger partial charge in [0.25, 0.3) is 0 Å². The molecule has 2 nitrogen and oxygen atoms in total. The number of hydrogen-bond donors (Lipinski definition) is 0. The molecule has 74 valence electrons. The van der Waals surface area contributed by atoms with Crippen LogP contribution in [0.1, 0.15) is 26.7 Å². The molecule has 2 aliphatic rings. The predicted octanol–water partition coefficient (Wildman–Crippen LogP) is 2.35. The largest absolute Gasteiger partial charge is 0.498 e. The van der Waals surface area contributed by atoms with Crippen LogP contribution in [0.25, 0.3) is 0 Å². The van der Waals surface area contributed by atoms with Crippen molar-refractivity contribution in [3.8, 4) is 0 Å². The normalized spacial score (nSPS) is 36.5. The molecule has 0 heterocycles. The lowest BCUT2D eigenvalue weighted by atomic mass is 10.0. The van der Waals surface area contributed by atoms with Gasteiger partial charge < -0.3 is 9.47 Å². The summed E-state index contributed by atoms with van der Waals surface area (Å²) < 4.78 is 11.3. The molecule has 2 heteroatoms. The number of allylic oxidation sites excluding steroid dienone is 1. The topological polar surface area (TPSA) is 18.5 Å².